The summed E-state index contributed by atoms with van der Waals surface area (Å²) in [6.07, 6.45) is 5.77. The van der Waals surface area contributed by atoms with E-state index in [0.29, 0.717) is 23.3 Å². The molecule has 1 N–H and O–H groups in total. The van der Waals surface area contributed by atoms with Gasteiger partial charge in [0.05, 0.1) is 6.04 Å². The SMILES string of the molecule is Cc1cccc(C2CCCN2C(=O)C2CC23CCNCC3)c1C.Cl. The van der Waals surface area contributed by atoms with Crippen LogP contribution in [0.1, 0.15) is 54.8 Å². The highest BCUT2D eigenvalue weighted by Crippen LogP contribution is 2.60. The second-order valence-electron chi connectivity index (χ2n) is 7.85. The molecule has 2 saturated heterocycles. The quantitative estimate of drug-likeness (QED) is 0.882. The Morgan fingerprint density at radius 1 is 1.25 bits per heavy atom. The van der Waals surface area contributed by atoms with E-state index in [1.165, 1.54) is 29.5 Å². The fourth-order valence-corrected chi connectivity index (χ4v) is 4.86. The summed E-state index contributed by atoms with van der Waals surface area (Å²) in [7, 11) is 0. The summed E-state index contributed by atoms with van der Waals surface area (Å²) in [5.74, 6) is 0.741. The van der Waals surface area contributed by atoms with E-state index in [1.807, 2.05) is 0 Å². The lowest BCUT2D eigenvalue weighted by molar-refractivity contribution is -0.134. The molecule has 4 rings (SSSR count). The maximum absolute atomic E-state index is 13.2. The summed E-state index contributed by atoms with van der Waals surface area (Å²) < 4.78 is 0. The first-order valence-corrected chi connectivity index (χ1v) is 9.20. The van der Waals surface area contributed by atoms with E-state index >= 15 is 0 Å². The third kappa shape index (κ3) is 2.86. The van der Waals surface area contributed by atoms with Gasteiger partial charge >= 0.3 is 0 Å². The van der Waals surface area contributed by atoms with E-state index in [4.69, 9.17) is 0 Å². The van der Waals surface area contributed by atoms with Gasteiger partial charge in [0.15, 0.2) is 0 Å². The maximum Gasteiger partial charge on any atom is 0.226 e. The molecule has 1 aliphatic carbocycles. The molecule has 1 amide bonds. The van der Waals surface area contributed by atoms with Crippen LogP contribution in [-0.2, 0) is 4.79 Å². The number of benzene rings is 1. The van der Waals surface area contributed by atoms with Crippen LogP contribution in [0.4, 0.5) is 0 Å². The van der Waals surface area contributed by atoms with E-state index in [-0.39, 0.29) is 12.4 Å². The highest BCUT2D eigenvalue weighted by Gasteiger charge is 2.59. The third-order valence-corrected chi connectivity index (χ3v) is 6.63. The van der Waals surface area contributed by atoms with Crippen molar-refractivity contribution >= 4 is 18.3 Å². The summed E-state index contributed by atoms with van der Waals surface area (Å²) in [4.78, 5) is 15.4. The first kappa shape index (κ1) is 17.8. The zero-order chi connectivity index (χ0) is 16.0. The highest BCUT2D eigenvalue weighted by molar-refractivity contribution is 5.85. The molecule has 1 saturated carbocycles. The predicted octanol–water partition coefficient (Wildman–Crippen LogP) is 3.78. The number of hydrogen-bond acceptors (Lipinski definition) is 2. The van der Waals surface area contributed by atoms with Crippen molar-refractivity contribution in [2.75, 3.05) is 19.6 Å². The summed E-state index contributed by atoms with van der Waals surface area (Å²) >= 11 is 0. The van der Waals surface area contributed by atoms with Crippen molar-refractivity contribution in [3.8, 4) is 0 Å². The van der Waals surface area contributed by atoms with Crippen molar-refractivity contribution in [2.45, 2.75) is 52.0 Å². The molecular weight excluding hydrogens is 320 g/mol. The first-order chi connectivity index (χ1) is 11.1. The Hall–Kier alpha value is -1.06. The molecule has 1 aromatic carbocycles. The lowest BCUT2D eigenvalue weighted by Gasteiger charge is -2.29. The highest BCUT2D eigenvalue weighted by atomic mass is 35.5. The smallest absolute Gasteiger partial charge is 0.226 e. The maximum atomic E-state index is 13.2. The number of aryl methyl sites for hydroxylation is 1. The van der Waals surface area contributed by atoms with E-state index in [9.17, 15) is 4.79 Å². The van der Waals surface area contributed by atoms with Crippen LogP contribution in [0.25, 0.3) is 0 Å². The first-order valence-electron chi connectivity index (χ1n) is 9.20. The zero-order valence-corrected chi connectivity index (χ0v) is 15.6. The summed E-state index contributed by atoms with van der Waals surface area (Å²) in [5.41, 5.74) is 4.42. The Balaban J connectivity index is 0.00000169. The van der Waals surface area contributed by atoms with Crippen LogP contribution in [0.2, 0.25) is 0 Å². The summed E-state index contributed by atoms with van der Waals surface area (Å²) in [6, 6.07) is 6.85. The number of carbonyl (C=O) groups excluding carboxylic acids is 1. The Morgan fingerprint density at radius 2 is 2.00 bits per heavy atom. The molecule has 2 aliphatic heterocycles. The van der Waals surface area contributed by atoms with Gasteiger partial charge in [0.2, 0.25) is 5.91 Å². The normalized spacial score (nSPS) is 27.8. The molecule has 3 nitrogen and oxygen atoms in total. The number of nitrogens with zero attached hydrogens (tertiary/aromatic N) is 1. The fourth-order valence-electron chi connectivity index (χ4n) is 4.86. The number of likely N-dealkylation sites (tertiary alicyclic amines) is 1. The van der Waals surface area contributed by atoms with Gasteiger partial charge in [0.25, 0.3) is 0 Å². The van der Waals surface area contributed by atoms with Gasteiger partial charge < -0.3 is 10.2 Å². The molecule has 24 heavy (non-hydrogen) atoms. The van der Waals surface area contributed by atoms with Crippen LogP contribution in [0.15, 0.2) is 18.2 Å². The minimum atomic E-state index is 0. The third-order valence-electron chi connectivity index (χ3n) is 6.63. The number of carbonyl (C=O) groups is 1. The summed E-state index contributed by atoms with van der Waals surface area (Å²) in [6.45, 7) is 7.50. The molecule has 0 bridgehead atoms. The second-order valence-corrected chi connectivity index (χ2v) is 7.85. The van der Waals surface area contributed by atoms with Gasteiger partial charge in [-0.2, -0.15) is 0 Å². The number of nitrogens with one attached hydrogen (secondary N) is 1. The average molecular weight is 349 g/mol. The van der Waals surface area contributed by atoms with E-state index in [1.54, 1.807) is 0 Å². The number of hydrogen-bond donors (Lipinski definition) is 1. The lowest BCUT2D eigenvalue weighted by atomic mass is 9.91. The van der Waals surface area contributed by atoms with Crippen molar-refractivity contribution < 1.29 is 4.79 Å². The molecular formula is C20H29ClN2O. The van der Waals surface area contributed by atoms with Gasteiger partial charge in [-0.25, -0.2) is 0 Å². The standard InChI is InChI=1S/C20H28N2O.ClH/c1-14-5-3-6-16(15(14)2)18-7-4-12-22(18)19(23)17-13-20(17)8-10-21-11-9-20;/h3,5-6,17-18,21H,4,7-13H2,1-2H3;1H. The van der Waals surface area contributed by atoms with Gasteiger partial charge in [-0.1, -0.05) is 18.2 Å². The molecule has 0 radical (unpaired) electrons. The Kier molecular flexibility index (Phi) is 4.94. The van der Waals surface area contributed by atoms with Crippen molar-refractivity contribution in [3.63, 3.8) is 0 Å². The molecule has 1 aromatic rings. The van der Waals surface area contributed by atoms with Crippen LogP contribution < -0.4 is 5.32 Å². The Morgan fingerprint density at radius 3 is 2.75 bits per heavy atom. The minimum absolute atomic E-state index is 0. The second kappa shape index (κ2) is 6.68. The van der Waals surface area contributed by atoms with Crippen molar-refractivity contribution in [1.82, 2.24) is 10.2 Å². The lowest BCUT2D eigenvalue weighted by Crippen LogP contribution is -2.36. The monoisotopic (exact) mass is 348 g/mol. The molecule has 3 aliphatic rings. The molecule has 1 spiro atoms. The van der Waals surface area contributed by atoms with Crippen LogP contribution in [0.3, 0.4) is 0 Å². The van der Waals surface area contributed by atoms with Gasteiger partial charge in [-0.15, -0.1) is 12.4 Å². The molecule has 2 heterocycles. The minimum Gasteiger partial charge on any atom is -0.335 e. The molecule has 2 atom stereocenters. The number of halogens is 1. The molecule has 4 heteroatoms. The average Bonchev–Trinajstić information content (AvgIpc) is 3.03. The predicted molar refractivity (Wildman–Crippen MR) is 99.5 cm³/mol. The number of amides is 1. The van der Waals surface area contributed by atoms with Gasteiger partial charge in [-0.3, -0.25) is 4.79 Å². The zero-order valence-electron chi connectivity index (χ0n) is 14.8. The number of piperidine rings is 1. The topological polar surface area (TPSA) is 32.3 Å². The van der Waals surface area contributed by atoms with Gasteiger partial charge in [0.1, 0.15) is 0 Å². The molecule has 132 valence electrons. The molecule has 2 unspecified atom stereocenters. The van der Waals surface area contributed by atoms with Gasteiger partial charge in [-0.05, 0) is 81.1 Å². The van der Waals surface area contributed by atoms with E-state index in [0.717, 1.165) is 38.9 Å². The summed E-state index contributed by atoms with van der Waals surface area (Å²) in [5, 5.41) is 3.43. The van der Waals surface area contributed by atoms with Crippen LogP contribution in [-0.4, -0.2) is 30.4 Å². The van der Waals surface area contributed by atoms with E-state index in [2.05, 4.69) is 42.3 Å². The van der Waals surface area contributed by atoms with Crippen molar-refractivity contribution in [1.29, 1.82) is 0 Å². The molecule has 3 fully saturated rings. The van der Waals surface area contributed by atoms with E-state index < -0.39 is 0 Å². The van der Waals surface area contributed by atoms with Crippen LogP contribution >= 0.6 is 12.4 Å². The van der Waals surface area contributed by atoms with Crippen LogP contribution in [0.5, 0.6) is 0 Å². The van der Waals surface area contributed by atoms with Crippen molar-refractivity contribution in [2.24, 2.45) is 11.3 Å². The Bertz CT molecular complexity index is 624. The largest absolute Gasteiger partial charge is 0.335 e. The number of rotatable bonds is 2. The van der Waals surface area contributed by atoms with Crippen molar-refractivity contribution in [3.05, 3.63) is 34.9 Å². The van der Waals surface area contributed by atoms with Gasteiger partial charge in [0, 0.05) is 12.5 Å². The molecule has 0 aromatic heterocycles. The van der Waals surface area contributed by atoms with Crippen LogP contribution in [0, 0.1) is 25.2 Å². The fraction of sp³-hybridized carbons (Fsp3) is 0.650. The Labute approximate surface area is 151 Å².